The van der Waals surface area contributed by atoms with Crippen LogP contribution < -0.4 is 0 Å². The van der Waals surface area contributed by atoms with Gasteiger partial charge < -0.3 is 4.90 Å². The molecule has 0 spiro atoms. The first-order chi connectivity index (χ1) is 8.38. The van der Waals surface area contributed by atoms with Gasteiger partial charge in [0, 0.05) is 19.1 Å². The molecule has 3 atom stereocenters. The highest BCUT2D eigenvalue weighted by Crippen LogP contribution is 2.36. The third-order valence-corrected chi connectivity index (χ3v) is 5.11. The summed E-state index contributed by atoms with van der Waals surface area (Å²) >= 11 is 0. The molecule has 1 unspecified atom stereocenters. The molecule has 2 heterocycles. The molecule has 2 heteroatoms. The van der Waals surface area contributed by atoms with E-state index < -0.39 is 0 Å². The number of allylic oxidation sites excluding steroid dienone is 2. The number of fused-ring (bicyclic) bond motifs is 1. The zero-order valence-corrected chi connectivity index (χ0v) is 11.1. The van der Waals surface area contributed by atoms with Crippen LogP contribution in [-0.2, 0) is 0 Å². The molecule has 96 valence electrons. The van der Waals surface area contributed by atoms with Crippen LogP contribution in [0, 0.1) is 11.8 Å². The molecule has 2 saturated heterocycles. The van der Waals surface area contributed by atoms with E-state index in [2.05, 4.69) is 28.9 Å². The lowest BCUT2D eigenvalue weighted by Gasteiger charge is -2.48. The average Bonchev–Trinajstić information content (AvgIpc) is 2.91. The predicted molar refractivity (Wildman–Crippen MR) is 72.1 cm³/mol. The van der Waals surface area contributed by atoms with Crippen LogP contribution in [0.2, 0.25) is 0 Å². The van der Waals surface area contributed by atoms with Gasteiger partial charge in [-0.3, -0.25) is 4.90 Å². The third kappa shape index (κ3) is 2.30. The predicted octanol–water partition coefficient (Wildman–Crippen LogP) is 2.37. The molecule has 3 rings (SSSR count). The van der Waals surface area contributed by atoms with E-state index in [4.69, 9.17) is 0 Å². The Morgan fingerprint density at radius 1 is 1.06 bits per heavy atom. The molecule has 0 aromatic carbocycles. The molecule has 0 bridgehead atoms. The van der Waals surface area contributed by atoms with E-state index in [-0.39, 0.29) is 0 Å². The number of hydrogen-bond donors (Lipinski definition) is 0. The fraction of sp³-hybridized carbons (Fsp3) is 0.867. The van der Waals surface area contributed by atoms with Gasteiger partial charge in [0.05, 0.1) is 0 Å². The van der Waals surface area contributed by atoms with Crippen LogP contribution in [0.5, 0.6) is 0 Å². The van der Waals surface area contributed by atoms with Gasteiger partial charge in [0.2, 0.25) is 0 Å². The Bertz CT molecular complexity index is 281. The molecule has 0 aromatic heterocycles. The molecule has 0 saturated carbocycles. The molecular weight excluding hydrogens is 208 g/mol. The van der Waals surface area contributed by atoms with Crippen molar-refractivity contribution >= 4 is 0 Å². The molecule has 0 aromatic rings. The van der Waals surface area contributed by atoms with Crippen molar-refractivity contribution in [1.29, 1.82) is 0 Å². The maximum absolute atomic E-state index is 2.79. The van der Waals surface area contributed by atoms with Crippen molar-refractivity contribution in [3.8, 4) is 0 Å². The summed E-state index contributed by atoms with van der Waals surface area (Å²) in [6.45, 7) is 8.93. The number of piperidine rings is 1. The molecule has 2 aliphatic heterocycles. The molecule has 0 amide bonds. The SMILES string of the molecule is CCN1CC2CC=CC[C@@H]2[C@@H](N2CCCC2)C1. The minimum absolute atomic E-state index is 0.848. The van der Waals surface area contributed by atoms with Crippen molar-refractivity contribution in [2.45, 2.75) is 38.6 Å². The largest absolute Gasteiger partial charge is 0.302 e. The number of nitrogens with zero attached hydrogens (tertiary/aromatic N) is 2. The first-order valence-electron chi connectivity index (χ1n) is 7.50. The Kier molecular flexibility index (Phi) is 3.53. The topological polar surface area (TPSA) is 6.48 Å². The Hall–Kier alpha value is -0.340. The fourth-order valence-electron chi connectivity index (χ4n) is 4.10. The van der Waals surface area contributed by atoms with Crippen molar-refractivity contribution in [3.63, 3.8) is 0 Å². The monoisotopic (exact) mass is 234 g/mol. The van der Waals surface area contributed by atoms with Crippen LogP contribution in [-0.4, -0.2) is 48.6 Å². The first kappa shape index (κ1) is 11.7. The van der Waals surface area contributed by atoms with E-state index in [1.807, 2.05) is 0 Å². The van der Waals surface area contributed by atoms with Gasteiger partial charge in [-0.1, -0.05) is 19.1 Å². The molecular formula is C15H26N2. The molecule has 2 nitrogen and oxygen atoms in total. The Morgan fingerprint density at radius 2 is 1.82 bits per heavy atom. The lowest BCUT2D eigenvalue weighted by atomic mass is 9.75. The van der Waals surface area contributed by atoms with Crippen LogP contribution in [0.1, 0.15) is 32.6 Å². The van der Waals surface area contributed by atoms with E-state index >= 15 is 0 Å². The third-order valence-electron chi connectivity index (χ3n) is 5.11. The summed E-state index contributed by atoms with van der Waals surface area (Å²) in [5.74, 6) is 1.88. The summed E-state index contributed by atoms with van der Waals surface area (Å²) in [7, 11) is 0. The van der Waals surface area contributed by atoms with Crippen LogP contribution in [0.25, 0.3) is 0 Å². The molecule has 0 N–H and O–H groups in total. The summed E-state index contributed by atoms with van der Waals surface area (Å²) in [6.07, 6.45) is 10.4. The minimum atomic E-state index is 0.848. The summed E-state index contributed by atoms with van der Waals surface area (Å²) in [5, 5.41) is 0. The second kappa shape index (κ2) is 5.11. The van der Waals surface area contributed by atoms with E-state index in [9.17, 15) is 0 Å². The highest BCUT2D eigenvalue weighted by Gasteiger charge is 2.39. The second-order valence-electron chi connectivity index (χ2n) is 6.03. The van der Waals surface area contributed by atoms with Gasteiger partial charge >= 0.3 is 0 Å². The van der Waals surface area contributed by atoms with E-state index in [1.165, 1.54) is 58.4 Å². The van der Waals surface area contributed by atoms with E-state index in [0.717, 1.165) is 17.9 Å². The van der Waals surface area contributed by atoms with Gasteiger partial charge in [0.15, 0.2) is 0 Å². The lowest BCUT2D eigenvalue weighted by Crippen LogP contribution is -2.56. The number of hydrogen-bond acceptors (Lipinski definition) is 2. The highest BCUT2D eigenvalue weighted by atomic mass is 15.2. The zero-order chi connectivity index (χ0) is 11.7. The van der Waals surface area contributed by atoms with E-state index in [1.54, 1.807) is 0 Å². The maximum Gasteiger partial charge on any atom is 0.0257 e. The average molecular weight is 234 g/mol. The second-order valence-corrected chi connectivity index (χ2v) is 6.03. The summed E-state index contributed by atoms with van der Waals surface area (Å²) < 4.78 is 0. The highest BCUT2D eigenvalue weighted by molar-refractivity contribution is 5.03. The fourth-order valence-corrected chi connectivity index (χ4v) is 4.10. The molecule has 3 aliphatic rings. The zero-order valence-electron chi connectivity index (χ0n) is 11.1. The molecule has 0 radical (unpaired) electrons. The van der Waals surface area contributed by atoms with Crippen molar-refractivity contribution < 1.29 is 0 Å². The van der Waals surface area contributed by atoms with Gasteiger partial charge in [-0.2, -0.15) is 0 Å². The number of rotatable bonds is 2. The van der Waals surface area contributed by atoms with Crippen LogP contribution in [0.4, 0.5) is 0 Å². The Labute approximate surface area is 106 Å². The minimum Gasteiger partial charge on any atom is -0.302 e. The van der Waals surface area contributed by atoms with Gasteiger partial charge in [-0.15, -0.1) is 0 Å². The molecule has 17 heavy (non-hydrogen) atoms. The number of likely N-dealkylation sites (N-methyl/N-ethyl adjacent to an activating group) is 1. The quantitative estimate of drug-likeness (QED) is 0.677. The van der Waals surface area contributed by atoms with Crippen LogP contribution in [0.3, 0.4) is 0 Å². The van der Waals surface area contributed by atoms with Gasteiger partial charge in [0.1, 0.15) is 0 Å². The normalized spacial score (nSPS) is 39.5. The Balaban J connectivity index is 1.75. The number of likely N-dealkylation sites (tertiary alicyclic amines) is 2. The van der Waals surface area contributed by atoms with Crippen molar-refractivity contribution in [1.82, 2.24) is 9.80 Å². The van der Waals surface area contributed by atoms with E-state index in [0.29, 0.717) is 0 Å². The molecule has 2 fully saturated rings. The van der Waals surface area contributed by atoms with Gasteiger partial charge in [-0.25, -0.2) is 0 Å². The summed E-state index contributed by atoms with van der Waals surface area (Å²) in [5.41, 5.74) is 0. The van der Waals surface area contributed by atoms with Crippen molar-refractivity contribution in [2.24, 2.45) is 11.8 Å². The standard InChI is InChI=1S/C15H26N2/c1-2-16-11-13-7-3-4-8-14(13)15(12-16)17-9-5-6-10-17/h3-4,13-15H,2,5-12H2,1H3/t13?,14-,15-/m0/s1. The van der Waals surface area contributed by atoms with Gasteiger partial charge in [0.25, 0.3) is 0 Å². The maximum atomic E-state index is 2.79. The summed E-state index contributed by atoms with van der Waals surface area (Å²) in [6, 6.07) is 0.848. The summed E-state index contributed by atoms with van der Waals surface area (Å²) in [4.78, 5) is 5.47. The van der Waals surface area contributed by atoms with Crippen LogP contribution in [0.15, 0.2) is 12.2 Å². The smallest absolute Gasteiger partial charge is 0.0257 e. The Morgan fingerprint density at radius 3 is 2.59 bits per heavy atom. The van der Waals surface area contributed by atoms with Crippen LogP contribution >= 0.6 is 0 Å². The van der Waals surface area contributed by atoms with Gasteiger partial charge in [-0.05, 0) is 57.2 Å². The molecule has 1 aliphatic carbocycles. The first-order valence-corrected chi connectivity index (χ1v) is 7.50. The lowest BCUT2D eigenvalue weighted by molar-refractivity contribution is 0.0254. The van der Waals surface area contributed by atoms with Crippen molar-refractivity contribution in [2.75, 3.05) is 32.7 Å². The van der Waals surface area contributed by atoms with Crippen molar-refractivity contribution in [3.05, 3.63) is 12.2 Å².